The van der Waals surface area contributed by atoms with Gasteiger partial charge in [0.1, 0.15) is 11.5 Å². The van der Waals surface area contributed by atoms with E-state index in [1.54, 1.807) is 11.1 Å². The van der Waals surface area contributed by atoms with Crippen LogP contribution in [0.1, 0.15) is 16.3 Å². The van der Waals surface area contributed by atoms with Crippen LogP contribution < -0.4 is 5.32 Å². The van der Waals surface area contributed by atoms with Gasteiger partial charge in [0.15, 0.2) is 5.82 Å². The molecule has 1 N–H and O–H groups in total. The van der Waals surface area contributed by atoms with E-state index < -0.39 is 0 Å². The lowest BCUT2D eigenvalue weighted by molar-refractivity contribution is 0.0299. The minimum atomic E-state index is -0.149. The van der Waals surface area contributed by atoms with Crippen LogP contribution in [-0.4, -0.2) is 57.2 Å². The molecule has 0 radical (unpaired) electrons. The molecule has 1 saturated heterocycles. The minimum absolute atomic E-state index is 0.149. The Labute approximate surface area is 153 Å². The number of amides is 1. The van der Waals surface area contributed by atoms with E-state index in [9.17, 15) is 4.79 Å². The summed E-state index contributed by atoms with van der Waals surface area (Å²) >= 11 is 1.53. The summed E-state index contributed by atoms with van der Waals surface area (Å²) in [4.78, 5) is 27.8. The van der Waals surface area contributed by atoms with Gasteiger partial charge in [0.05, 0.1) is 37.0 Å². The number of thiophene rings is 1. The number of anilines is 1. The van der Waals surface area contributed by atoms with Crippen LogP contribution in [0, 0.1) is 0 Å². The summed E-state index contributed by atoms with van der Waals surface area (Å²) in [7, 11) is 0. The first kappa shape index (κ1) is 16.6. The molecule has 134 valence electrons. The second-order valence-electron chi connectivity index (χ2n) is 5.54. The molecule has 0 spiro atoms. The van der Waals surface area contributed by atoms with E-state index in [1.807, 2.05) is 17.5 Å². The maximum Gasteiger partial charge on any atom is 0.274 e. The third-order valence-corrected chi connectivity index (χ3v) is 4.64. The molecule has 10 heteroatoms. The lowest BCUT2D eigenvalue weighted by Crippen LogP contribution is -2.41. The molecule has 9 nitrogen and oxygen atoms in total. The molecule has 0 saturated carbocycles. The molecule has 0 aliphatic carbocycles. The van der Waals surface area contributed by atoms with Gasteiger partial charge in [-0.05, 0) is 11.4 Å². The monoisotopic (exact) mass is 372 g/mol. The molecule has 4 rings (SSSR count). The Bertz CT molecular complexity index is 876. The van der Waals surface area contributed by atoms with E-state index in [1.165, 1.54) is 17.5 Å². The molecule has 0 atom stereocenters. The summed E-state index contributed by atoms with van der Waals surface area (Å²) in [6, 6.07) is 3.84. The molecule has 1 amide bonds. The Morgan fingerprint density at radius 3 is 2.96 bits per heavy atom. The SMILES string of the molecule is O=C(c1cncc(NCc2noc(-c3cccs3)n2)n1)N1CCOCC1. The Morgan fingerprint density at radius 2 is 2.15 bits per heavy atom. The van der Waals surface area contributed by atoms with Gasteiger partial charge in [0.2, 0.25) is 0 Å². The fourth-order valence-corrected chi connectivity index (χ4v) is 3.12. The van der Waals surface area contributed by atoms with Crippen molar-refractivity contribution >= 4 is 23.1 Å². The summed E-state index contributed by atoms with van der Waals surface area (Å²) in [6.45, 7) is 2.53. The van der Waals surface area contributed by atoms with Crippen molar-refractivity contribution in [3.05, 3.63) is 41.4 Å². The summed E-state index contributed by atoms with van der Waals surface area (Å²) < 4.78 is 10.5. The average Bonchev–Trinajstić information content (AvgIpc) is 3.38. The summed E-state index contributed by atoms with van der Waals surface area (Å²) in [5.74, 6) is 1.31. The molecule has 1 aliphatic heterocycles. The molecule has 0 aromatic carbocycles. The normalized spacial score (nSPS) is 14.4. The lowest BCUT2D eigenvalue weighted by atomic mass is 10.3. The van der Waals surface area contributed by atoms with Crippen molar-refractivity contribution in [2.75, 3.05) is 31.6 Å². The van der Waals surface area contributed by atoms with Gasteiger partial charge in [-0.3, -0.25) is 9.78 Å². The molecule has 1 aliphatic rings. The van der Waals surface area contributed by atoms with Crippen LogP contribution in [0.2, 0.25) is 0 Å². The van der Waals surface area contributed by atoms with Crippen molar-refractivity contribution in [1.29, 1.82) is 0 Å². The number of carbonyl (C=O) groups excluding carboxylic acids is 1. The molecule has 1 fully saturated rings. The highest BCUT2D eigenvalue weighted by molar-refractivity contribution is 7.13. The number of aromatic nitrogens is 4. The Hall–Kier alpha value is -2.85. The number of carbonyl (C=O) groups is 1. The predicted octanol–water partition coefficient (Wildman–Crippen LogP) is 1.67. The fourth-order valence-electron chi connectivity index (χ4n) is 2.48. The van der Waals surface area contributed by atoms with E-state index in [2.05, 4.69) is 25.4 Å². The van der Waals surface area contributed by atoms with Crippen molar-refractivity contribution < 1.29 is 14.1 Å². The Balaban J connectivity index is 1.40. The number of nitrogens with zero attached hydrogens (tertiary/aromatic N) is 5. The highest BCUT2D eigenvalue weighted by Gasteiger charge is 2.20. The average molecular weight is 372 g/mol. The van der Waals surface area contributed by atoms with Gasteiger partial charge in [-0.15, -0.1) is 11.3 Å². The first-order valence-electron chi connectivity index (χ1n) is 8.09. The Kier molecular flexibility index (Phi) is 4.84. The first-order valence-corrected chi connectivity index (χ1v) is 8.97. The van der Waals surface area contributed by atoms with Crippen LogP contribution >= 0.6 is 11.3 Å². The van der Waals surface area contributed by atoms with Gasteiger partial charge in [-0.25, -0.2) is 4.98 Å². The zero-order valence-electron chi connectivity index (χ0n) is 13.8. The molecular weight excluding hydrogens is 356 g/mol. The van der Waals surface area contributed by atoms with Crippen molar-refractivity contribution in [2.45, 2.75) is 6.54 Å². The molecule has 3 aromatic rings. The van der Waals surface area contributed by atoms with Gasteiger partial charge < -0.3 is 19.5 Å². The second kappa shape index (κ2) is 7.58. The second-order valence-corrected chi connectivity index (χ2v) is 6.49. The fraction of sp³-hybridized carbons (Fsp3) is 0.312. The third-order valence-electron chi connectivity index (χ3n) is 3.78. The highest BCUT2D eigenvalue weighted by atomic mass is 32.1. The predicted molar refractivity (Wildman–Crippen MR) is 93.7 cm³/mol. The van der Waals surface area contributed by atoms with E-state index in [4.69, 9.17) is 9.26 Å². The third kappa shape index (κ3) is 3.70. The number of nitrogens with one attached hydrogen (secondary N) is 1. The summed E-state index contributed by atoms with van der Waals surface area (Å²) in [6.07, 6.45) is 3.02. The van der Waals surface area contributed by atoms with E-state index in [0.717, 1.165) is 4.88 Å². The van der Waals surface area contributed by atoms with Gasteiger partial charge in [0.25, 0.3) is 11.8 Å². The van der Waals surface area contributed by atoms with E-state index >= 15 is 0 Å². The molecule has 4 heterocycles. The van der Waals surface area contributed by atoms with Crippen molar-refractivity contribution in [3.8, 4) is 10.8 Å². The van der Waals surface area contributed by atoms with Gasteiger partial charge in [-0.1, -0.05) is 11.2 Å². The zero-order chi connectivity index (χ0) is 17.8. The van der Waals surface area contributed by atoms with E-state index in [-0.39, 0.29) is 5.91 Å². The van der Waals surface area contributed by atoms with Gasteiger partial charge in [0, 0.05) is 13.1 Å². The maximum absolute atomic E-state index is 12.5. The highest BCUT2D eigenvalue weighted by Crippen LogP contribution is 2.22. The quantitative estimate of drug-likeness (QED) is 0.721. The van der Waals surface area contributed by atoms with Crippen LogP contribution in [0.25, 0.3) is 10.8 Å². The van der Waals surface area contributed by atoms with Crippen molar-refractivity contribution in [2.24, 2.45) is 0 Å². The smallest absolute Gasteiger partial charge is 0.274 e. The summed E-state index contributed by atoms with van der Waals surface area (Å²) in [5, 5.41) is 8.95. The minimum Gasteiger partial charge on any atom is -0.378 e. The van der Waals surface area contributed by atoms with E-state index in [0.29, 0.717) is 56.1 Å². The van der Waals surface area contributed by atoms with Crippen LogP contribution in [0.3, 0.4) is 0 Å². The van der Waals surface area contributed by atoms with Crippen LogP contribution in [-0.2, 0) is 11.3 Å². The molecular formula is C16H16N6O3S. The molecule has 0 unspecified atom stereocenters. The lowest BCUT2D eigenvalue weighted by Gasteiger charge is -2.26. The standard InChI is InChI=1S/C16H16N6O3S/c23-16(22-3-5-24-6-4-22)11-8-17-9-13(19-11)18-10-14-20-15(25-21-14)12-2-1-7-26-12/h1-2,7-9H,3-6,10H2,(H,18,19). The number of hydrogen-bond acceptors (Lipinski definition) is 9. The number of rotatable bonds is 5. The Morgan fingerprint density at radius 1 is 1.27 bits per heavy atom. The summed E-state index contributed by atoms with van der Waals surface area (Å²) in [5.41, 5.74) is 0.296. The number of ether oxygens (including phenoxy) is 1. The molecule has 0 bridgehead atoms. The van der Waals surface area contributed by atoms with Gasteiger partial charge >= 0.3 is 0 Å². The van der Waals surface area contributed by atoms with Crippen LogP contribution in [0.15, 0.2) is 34.4 Å². The topological polar surface area (TPSA) is 106 Å². The van der Waals surface area contributed by atoms with Crippen molar-refractivity contribution in [1.82, 2.24) is 25.0 Å². The largest absolute Gasteiger partial charge is 0.378 e. The number of morpholine rings is 1. The van der Waals surface area contributed by atoms with Gasteiger partial charge in [-0.2, -0.15) is 4.98 Å². The molecule has 26 heavy (non-hydrogen) atoms. The zero-order valence-corrected chi connectivity index (χ0v) is 14.6. The molecule has 3 aromatic heterocycles. The number of hydrogen-bond donors (Lipinski definition) is 1. The van der Waals surface area contributed by atoms with Crippen LogP contribution in [0.4, 0.5) is 5.82 Å². The first-order chi connectivity index (χ1) is 12.8. The van der Waals surface area contributed by atoms with Crippen LogP contribution in [0.5, 0.6) is 0 Å². The van der Waals surface area contributed by atoms with Crippen molar-refractivity contribution in [3.63, 3.8) is 0 Å². The maximum atomic E-state index is 12.5.